The van der Waals surface area contributed by atoms with Gasteiger partial charge < -0.3 is 9.47 Å². The first-order valence-corrected chi connectivity index (χ1v) is 9.45. The van der Waals surface area contributed by atoms with Gasteiger partial charge in [-0.2, -0.15) is 0 Å². The van der Waals surface area contributed by atoms with Gasteiger partial charge in [-0.05, 0) is 44.9 Å². The number of methoxy groups -OCH3 is 1. The topological polar surface area (TPSA) is 38.8 Å². The maximum Gasteiger partial charge on any atom is 0.305 e. The van der Waals surface area contributed by atoms with Gasteiger partial charge in [0, 0.05) is 6.42 Å². The smallest absolute Gasteiger partial charge is 0.305 e. The SMILES string of the molecule is CCCCCC=CCC=CCC=CC[C@H]1O[C@H]1CCCC(=O)OC. The van der Waals surface area contributed by atoms with Gasteiger partial charge >= 0.3 is 5.97 Å². The Morgan fingerprint density at radius 2 is 1.67 bits per heavy atom. The third kappa shape index (κ3) is 11.2. The van der Waals surface area contributed by atoms with Crippen LogP contribution in [0.2, 0.25) is 0 Å². The molecule has 3 nitrogen and oxygen atoms in total. The summed E-state index contributed by atoms with van der Waals surface area (Å²) in [7, 11) is 1.43. The van der Waals surface area contributed by atoms with Gasteiger partial charge in [-0.1, -0.05) is 56.2 Å². The van der Waals surface area contributed by atoms with Gasteiger partial charge in [-0.25, -0.2) is 0 Å². The van der Waals surface area contributed by atoms with E-state index in [1.54, 1.807) is 0 Å². The highest BCUT2D eigenvalue weighted by molar-refractivity contribution is 5.68. The molecule has 0 N–H and O–H groups in total. The number of allylic oxidation sites excluding steroid dienone is 5. The maximum absolute atomic E-state index is 11.0. The van der Waals surface area contributed by atoms with E-state index < -0.39 is 0 Å². The molecule has 0 aliphatic carbocycles. The van der Waals surface area contributed by atoms with Crippen LogP contribution in [0, 0.1) is 0 Å². The molecule has 1 fully saturated rings. The summed E-state index contributed by atoms with van der Waals surface area (Å²) in [5, 5.41) is 0. The lowest BCUT2D eigenvalue weighted by Crippen LogP contribution is -2.01. The first kappa shape index (κ1) is 20.7. The maximum atomic E-state index is 11.0. The highest BCUT2D eigenvalue weighted by atomic mass is 16.6. The Bertz CT molecular complexity index is 409. The van der Waals surface area contributed by atoms with Crippen LogP contribution in [0.4, 0.5) is 0 Å². The minimum atomic E-state index is -0.130. The first-order valence-electron chi connectivity index (χ1n) is 9.45. The number of hydrogen-bond donors (Lipinski definition) is 0. The third-order valence-electron chi connectivity index (χ3n) is 4.17. The van der Waals surface area contributed by atoms with Crippen molar-refractivity contribution >= 4 is 5.97 Å². The van der Waals surface area contributed by atoms with Crippen molar-refractivity contribution < 1.29 is 14.3 Å². The van der Waals surface area contributed by atoms with E-state index >= 15 is 0 Å². The number of unbranched alkanes of at least 4 members (excludes halogenated alkanes) is 3. The fourth-order valence-corrected chi connectivity index (χ4v) is 2.59. The van der Waals surface area contributed by atoms with Crippen molar-refractivity contribution in [1.29, 1.82) is 0 Å². The average Bonchev–Trinajstić information content (AvgIpc) is 3.34. The average molecular weight is 335 g/mol. The molecule has 0 aromatic rings. The Morgan fingerprint density at radius 3 is 2.38 bits per heavy atom. The van der Waals surface area contributed by atoms with Gasteiger partial charge in [-0.15, -0.1) is 0 Å². The minimum absolute atomic E-state index is 0.130. The summed E-state index contributed by atoms with van der Waals surface area (Å²) < 4.78 is 10.2. The zero-order valence-electron chi connectivity index (χ0n) is 15.4. The van der Waals surface area contributed by atoms with Crippen molar-refractivity contribution in [3.05, 3.63) is 36.5 Å². The van der Waals surface area contributed by atoms with Crippen molar-refractivity contribution in [2.24, 2.45) is 0 Å². The molecular weight excluding hydrogens is 300 g/mol. The fraction of sp³-hybridized carbons (Fsp3) is 0.667. The Morgan fingerprint density at radius 1 is 0.958 bits per heavy atom. The van der Waals surface area contributed by atoms with E-state index in [0.29, 0.717) is 18.6 Å². The number of rotatable bonds is 14. The predicted octanol–water partition coefficient (Wildman–Crippen LogP) is 5.52. The van der Waals surface area contributed by atoms with Crippen molar-refractivity contribution in [2.75, 3.05) is 7.11 Å². The van der Waals surface area contributed by atoms with Crippen LogP contribution in [0.15, 0.2) is 36.5 Å². The molecule has 0 amide bonds. The summed E-state index contributed by atoms with van der Waals surface area (Å²) in [5.41, 5.74) is 0. The summed E-state index contributed by atoms with van der Waals surface area (Å²) in [5.74, 6) is -0.130. The van der Waals surface area contributed by atoms with Crippen LogP contribution in [-0.2, 0) is 14.3 Å². The molecule has 0 aromatic heterocycles. The summed E-state index contributed by atoms with van der Waals surface area (Å²) in [6.07, 6.45) is 24.6. The van der Waals surface area contributed by atoms with Gasteiger partial charge in [-0.3, -0.25) is 4.79 Å². The Kier molecular flexibility index (Phi) is 12.1. The number of ether oxygens (including phenoxy) is 2. The molecule has 1 saturated heterocycles. The number of epoxide rings is 1. The van der Waals surface area contributed by atoms with Gasteiger partial charge in [0.05, 0.1) is 19.3 Å². The monoisotopic (exact) mass is 334 g/mol. The minimum Gasteiger partial charge on any atom is -0.469 e. The molecule has 0 spiro atoms. The fourth-order valence-electron chi connectivity index (χ4n) is 2.59. The molecule has 24 heavy (non-hydrogen) atoms. The quantitative estimate of drug-likeness (QED) is 0.182. The molecule has 0 bridgehead atoms. The van der Waals surface area contributed by atoms with Crippen molar-refractivity contribution in [1.82, 2.24) is 0 Å². The summed E-state index contributed by atoms with van der Waals surface area (Å²) in [6.45, 7) is 2.24. The van der Waals surface area contributed by atoms with Gasteiger partial charge in [0.25, 0.3) is 0 Å². The summed E-state index contributed by atoms with van der Waals surface area (Å²) in [4.78, 5) is 11.0. The zero-order valence-corrected chi connectivity index (χ0v) is 15.4. The van der Waals surface area contributed by atoms with E-state index in [0.717, 1.165) is 32.1 Å². The highest BCUT2D eigenvalue weighted by Gasteiger charge is 2.36. The normalized spacial score (nSPS) is 20.4. The van der Waals surface area contributed by atoms with Crippen LogP contribution in [0.1, 0.15) is 71.1 Å². The first-order chi connectivity index (χ1) is 11.8. The largest absolute Gasteiger partial charge is 0.469 e. The van der Waals surface area contributed by atoms with Gasteiger partial charge in [0.1, 0.15) is 0 Å². The molecule has 136 valence electrons. The van der Waals surface area contributed by atoms with Crippen molar-refractivity contribution in [3.63, 3.8) is 0 Å². The Balaban J connectivity index is 1.92. The van der Waals surface area contributed by atoms with Crippen molar-refractivity contribution in [2.45, 2.75) is 83.3 Å². The molecule has 1 heterocycles. The van der Waals surface area contributed by atoms with Crippen LogP contribution < -0.4 is 0 Å². The third-order valence-corrected chi connectivity index (χ3v) is 4.17. The molecular formula is C21H34O3. The van der Waals surface area contributed by atoms with Crippen LogP contribution in [0.3, 0.4) is 0 Å². The summed E-state index contributed by atoms with van der Waals surface area (Å²) in [6, 6.07) is 0. The Labute approximate surface area is 147 Å². The molecule has 0 aromatic carbocycles. The molecule has 1 aliphatic rings. The van der Waals surface area contributed by atoms with E-state index in [4.69, 9.17) is 4.74 Å². The second-order valence-corrected chi connectivity index (χ2v) is 6.30. The van der Waals surface area contributed by atoms with Crippen LogP contribution in [0.25, 0.3) is 0 Å². The Hall–Kier alpha value is -1.35. The summed E-state index contributed by atoms with van der Waals surface area (Å²) >= 11 is 0. The van der Waals surface area contributed by atoms with Gasteiger partial charge in [0.15, 0.2) is 0 Å². The van der Waals surface area contributed by atoms with E-state index in [9.17, 15) is 4.79 Å². The predicted molar refractivity (Wildman–Crippen MR) is 99.9 cm³/mol. The number of hydrogen-bond acceptors (Lipinski definition) is 3. The molecule has 1 rings (SSSR count). The van der Waals surface area contributed by atoms with Gasteiger partial charge in [0.2, 0.25) is 0 Å². The number of esters is 1. The highest BCUT2D eigenvalue weighted by Crippen LogP contribution is 2.30. The lowest BCUT2D eigenvalue weighted by atomic mass is 10.1. The number of carbonyl (C=O) groups excluding carboxylic acids is 1. The zero-order chi connectivity index (χ0) is 17.5. The second-order valence-electron chi connectivity index (χ2n) is 6.30. The van der Waals surface area contributed by atoms with Crippen molar-refractivity contribution in [3.8, 4) is 0 Å². The molecule has 0 radical (unpaired) electrons. The van der Waals surface area contributed by atoms with E-state index in [1.807, 2.05) is 0 Å². The molecule has 1 aliphatic heterocycles. The van der Waals surface area contributed by atoms with Crippen LogP contribution in [-0.4, -0.2) is 25.3 Å². The molecule has 0 saturated carbocycles. The van der Waals surface area contributed by atoms with E-state index in [2.05, 4.69) is 48.1 Å². The standard InChI is InChI=1S/C21H34O3/c1-3-4-5-6-7-8-9-10-11-12-13-14-16-19-20(24-19)17-15-18-21(22)23-2/h7-8,10-11,13-14,19-20H,3-6,9,12,15-18H2,1-2H3/t19-,20+/m1/s1. The second kappa shape index (κ2) is 14.0. The molecule has 2 atom stereocenters. The van der Waals surface area contributed by atoms with Crippen LogP contribution in [0.5, 0.6) is 0 Å². The van der Waals surface area contributed by atoms with Crippen LogP contribution >= 0.6 is 0 Å². The number of carbonyl (C=O) groups is 1. The van der Waals surface area contributed by atoms with E-state index in [1.165, 1.54) is 32.8 Å². The lowest BCUT2D eigenvalue weighted by molar-refractivity contribution is -0.140. The lowest BCUT2D eigenvalue weighted by Gasteiger charge is -1.96. The van der Waals surface area contributed by atoms with E-state index in [-0.39, 0.29) is 5.97 Å². The molecule has 0 unspecified atom stereocenters. The molecule has 3 heteroatoms.